The van der Waals surface area contributed by atoms with Crippen LogP contribution in [0.2, 0.25) is 0 Å². The minimum absolute atomic E-state index is 0.00604. The summed E-state index contributed by atoms with van der Waals surface area (Å²) in [5, 5.41) is 0. The molecule has 0 radical (unpaired) electrons. The number of carbonyl (C=O) groups excluding carboxylic acids is 2. The number of hydrogen-bond donors (Lipinski definition) is 2. The van der Waals surface area contributed by atoms with Gasteiger partial charge >= 0.3 is 0 Å². The normalized spacial score (nSPS) is 17.0. The van der Waals surface area contributed by atoms with Gasteiger partial charge in [-0.2, -0.15) is 0 Å². The highest BCUT2D eigenvalue weighted by molar-refractivity contribution is 5.94. The molecule has 7 heteroatoms. The molecular weight excluding hydrogens is 306 g/mol. The van der Waals surface area contributed by atoms with E-state index in [9.17, 15) is 9.59 Å². The van der Waals surface area contributed by atoms with Gasteiger partial charge in [0, 0.05) is 30.8 Å². The van der Waals surface area contributed by atoms with Crippen molar-refractivity contribution >= 4 is 17.8 Å². The maximum absolute atomic E-state index is 11.9. The number of nitrogens with two attached hydrogens (primary N) is 2. The molecule has 1 aromatic heterocycles. The summed E-state index contributed by atoms with van der Waals surface area (Å²) in [6.45, 7) is 2.25. The summed E-state index contributed by atoms with van der Waals surface area (Å²) in [5.41, 5.74) is 13.8. The van der Waals surface area contributed by atoms with Crippen LogP contribution in [0.4, 0.5) is 5.95 Å². The van der Waals surface area contributed by atoms with Crippen molar-refractivity contribution in [3.8, 4) is 11.1 Å². The van der Waals surface area contributed by atoms with Gasteiger partial charge in [0.15, 0.2) is 0 Å². The van der Waals surface area contributed by atoms with Crippen LogP contribution in [0.1, 0.15) is 41.9 Å². The fraction of sp³-hybridized carbons (Fsp3) is 0.294. The van der Waals surface area contributed by atoms with Gasteiger partial charge in [-0.05, 0) is 30.5 Å². The predicted molar refractivity (Wildman–Crippen MR) is 89.8 cm³/mol. The fourth-order valence-electron chi connectivity index (χ4n) is 3.15. The summed E-state index contributed by atoms with van der Waals surface area (Å²) in [6.07, 6.45) is 3.36. The number of nitrogen functional groups attached to an aromatic ring is 1. The Bertz CT molecular complexity index is 805. The van der Waals surface area contributed by atoms with Gasteiger partial charge in [0.05, 0.1) is 11.7 Å². The highest BCUT2D eigenvalue weighted by Crippen LogP contribution is 2.36. The van der Waals surface area contributed by atoms with Crippen LogP contribution >= 0.6 is 0 Å². The molecule has 124 valence electrons. The van der Waals surface area contributed by atoms with Crippen LogP contribution in [0.15, 0.2) is 30.5 Å². The Balaban J connectivity index is 2.11. The molecular formula is C17H19N5O2. The van der Waals surface area contributed by atoms with Crippen molar-refractivity contribution in [3.63, 3.8) is 0 Å². The molecule has 1 aromatic carbocycles. The topological polar surface area (TPSA) is 115 Å². The minimum Gasteiger partial charge on any atom is -0.368 e. The standard InChI is InChI=1S/C17H19N5O2/c1-10(23)22-7-3-6-14(22)15-13(9-20-17(19)21-15)11-4-2-5-12(8-11)16(18)24/h2,4-5,8-9,14H,3,6-7H2,1H3,(H2,18,24)(H2,19,20,21)/t14-/m0/s1. The Morgan fingerprint density at radius 1 is 1.33 bits per heavy atom. The zero-order valence-corrected chi connectivity index (χ0v) is 13.4. The second kappa shape index (κ2) is 6.27. The highest BCUT2D eigenvalue weighted by Gasteiger charge is 2.31. The van der Waals surface area contributed by atoms with Crippen LogP contribution in [0.25, 0.3) is 11.1 Å². The van der Waals surface area contributed by atoms with E-state index in [-0.39, 0.29) is 17.9 Å². The van der Waals surface area contributed by atoms with E-state index in [4.69, 9.17) is 11.5 Å². The zero-order valence-electron chi connectivity index (χ0n) is 13.4. The number of aromatic nitrogens is 2. The van der Waals surface area contributed by atoms with Crippen LogP contribution in [-0.2, 0) is 4.79 Å². The lowest BCUT2D eigenvalue weighted by atomic mass is 9.98. The summed E-state index contributed by atoms with van der Waals surface area (Å²) in [6, 6.07) is 6.83. The Kier molecular flexibility index (Phi) is 4.16. The van der Waals surface area contributed by atoms with Crippen LogP contribution in [-0.4, -0.2) is 33.2 Å². The van der Waals surface area contributed by atoms with E-state index in [2.05, 4.69) is 9.97 Å². The Labute approximate surface area is 139 Å². The van der Waals surface area contributed by atoms with Gasteiger partial charge in [-0.25, -0.2) is 9.97 Å². The smallest absolute Gasteiger partial charge is 0.248 e. The van der Waals surface area contributed by atoms with Crippen molar-refractivity contribution in [1.82, 2.24) is 14.9 Å². The number of carbonyl (C=O) groups is 2. The third-order valence-electron chi connectivity index (χ3n) is 4.27. The lowest BCUT2D eigenvalue weighted by Crippen LogP contribution is -2.29. The molecule has 1 aliphatic heterocycles. The fourth-order valence-corrected chi connectivity index (χ4v) is 3.15. The minimum atomic E-state index is -0.499. The quantitative estimate of drug-likeness (QED) is 0.887. The highest BCUT2D eigenvalue weighted by atomic mass is 16.2. The number of anilines is 1. The summed E-state index contributed by atoms with van der Waals surface area (Å²) >= 11 is 0. The molecule has 1 atom stereocenters. The number of hydrogen-bond acceptors (Lipinski definition) is 5. The molecule has 1 aliphatic rings. The number of amides is 2. The monoisotopic (exact) mass is 325 g/mol. The summed E-state index contributed by atoms with van der Waals surface area (Å²) in [7, 11) is 0. The molecule has 24 heavy (non-hydrogen) atoms. The van der Waals surface area contributed by atoms with Gasteiger partial charge < -0.3 is 16.4 Å². The van der Waals surface area contributed by atoms with E-state index < -0.39 is 5.91 Å². The average Bonchev–Trinajstić information content (AvgIpc) is 3.04. The van der Waals surface area contributed by atoms with Gasteiger partial charge in [-0.15, -0.1) is 0 Å². The Hall–Kier alpha value is -2.96. The molecule has 3 rings (SSSR count). The van der Waals surface area contributed by atoms with E-state index in [0.717, 1.165) is 24.0 Å². The van der Waals surface area contributed by atoms with Gasteiger partial charge in [-0.1, -0.05) is 12.1 Å². The summed E-state index contributed by atoms with van der Waals surface area (Å²) in [5.74, 6) is -0.331. The first-order chi connectivity index (χ1) is 11.5. The number of rotatable bonds is 3. The van der Waals surface area contributed by atoms with Crippen molar-refractivity contribution in [1.29, 1.82) is 0 Å². The molecule has 7 nitrogen and oxygen atoms in total. The molecule has 2 aromatic rings. The second-order valence-corrected chi connectivity index (χ2v) is 5.84. The van der Waals surface area contributed by atoms with Crippen LogP contribution in [0, 0.1) is 0 Å². The Morgan fingerprint density at radius 3 is 2.83 bits per heavy atom. The molecule has 0 unspecified atom stereocenters. The van der Waals surface area contributed by atoms with E-state index in [1.54, 1.807) is 36.2 Å². The predicted octanol–water partition coefficient (Wildman–Crippen LogP) is 1.51. The van der Waals surface area contributed by atoms with Crippen molar-refractivity contribution in [2.24, 2.45) is 5.73 Å². The lowest BCUT2D eigenvalue weighted by Gasteiger charge is -2.24. The molecule has 0 bridgehead atoms. The molecule has 0 spiro atoms. The van der Waals surface area contributed by atoms with Crippen LogP contribution < -0.4 is 11.5 Å². The maximum atomic E-state index is 11.9. The van der Waals surface area contributed by atoms with E-state index in [0.29, 0.717) is 17.8 Å². The molecule has 1 saturated heterocycles. The molecule has 2 heterocycles. The van der Waals surface area contributed by atoms with Gasteiger partial charge in [-0.3, -0.25) is 9.59 Å². The van der Waals surface area contributed by atoms with E-state index in [1.807, 2.05) is 6.07 Å². The van der Waals surface area contributed by atoms with Crippen molar-refractivity contribution in [2.45, 2.75) is 25.8 Å². The first-order valence-electron chi connectivity index (χ1n) is 7.77. The van der Waals surface area contributed by atoms with Gasteiger partial charge in [0.25, 0.3) is 0 Å². The summed E-state index contributed by atoms with van der Waals surface area (Å²) in [4.78, 5) is 33.6. The Morgan fingerprint density at radius 2 is 2.12 bits per heavy atom. The molecule has 2 amide bonds. The number of likely N-dealkylation sites (tertiary alicyclic amines) is 1. The third-order valence-corrected chi connectivity index (χ3v) is 4.27. The van der Waals surface area contributed by atoms with E-state index >= 15 is 0 Å². The molecule has 0 aliphatic carbocycles. The average molecular weight is 325 g/mol. The maximum Gasteiger partial charge on any atom is 0.248 e. The SMILES string of the molecule is CC(=O)N1CCC[C@H]1c1nc(N)ncc1-c1cccc(C(N)=O)c1. The zero-order chi connectivity index (χ0) is 17.3. The van der Waals surface area contributed by atoms with Gasteiger partial charge in [0.2, 0.25) is 17.8 Å². The largest absolute Gasteiger partial charge is 0.368 e. The van der Waals surface area contributed by atoms with Crippen molar-refractivity contribution < 1.29 is 9.59 Å². The second-order valence-electron chi connectivity index (χ2n) is 5.84. The van der Waals surface area contributed by atoms with Gasteiger partial charge in [0.1, 0.15) is 0 Å². The molecule has 1 fully saturated rings. The van der Waals surface area contributed by atoms with Crippen LogP contribution in [0.5, 0.6) is 0 Å². The number of benzene rings is 1. The van der Waals surface area contributed by atoms with Crippen LogP contribution in [0.3, 0.4) is 0 Å². The number of nitrogens with zero attached hydrogens (tertiary/aromatic N) is 3. The first-order valence-corrected chi connectivity index (χ1v) is 7.77. The molecule has 4 N–H and O–H groups in total. The number of primary amides is 1. The van der Waals surface area contributed by atoms with Crippen molar-refractivity contribution in [3.05, 3.63) is 41.7 Å². The first kappa shape index (κ1) is 15.9. The van der Waals surface area contributed by atoms with Crippen molar-refractivity contribution in [2.75, 3.05) is 12.3 Å². The van der Waals surface area contributed by atoms with E-state index in [1.165, 1.54) is 0 Å². The molecule has 0 saturated carbocycles. The lowest BCUT2D eigenvalue weighted by molar-refractivity contribution is -0.129. The third kappa shape index (κ3) is 2.92. The summed E-state index contributed by atoms with van der Waals surface area (Å²) < 4.78 is 0.